The second-order valence-electron chi connectivity index (χ2n) is 2.44. The molecule has 4 unspecified atom stereocenters. The number of rotatable bonds is 2. The van der Waals surface area contributed by atoms with Gasteiger partial charge < -0.3 is 24.8 Å². The third kappa shape index (κ3) is 1.52. The van der Waals surface area contributed by atoms with Crippen LogP contribution in [-0.4, -0.2) is 53.6 Å². The molecule has 0 amide bonds. The fourth-order valence-electron chi connectivity index (χ4n) is 1.12. The SMILES string of the molecule is COC1C(O)OC(CO)C1O. The smallest absolute Gasteiger partial charge is 0.184 e. The van der Waals surface area contributed by atoms with Gasteiger partial charge in [-0.15, -0.1) is 0 Å². The van der Waals surface area contributed by atoms with Crippen molar-refractivity contribution in [2.75, 3.05) is 13.7 Å². The Bertz CT molecular complexity index is 128. The molecule has 5 heteroatoms. The van der Waals surface area contributed by atoms with Gasteiger partial charge >= 0.3 is 0 Å². The van der Waals surface area contributed by atoms with Crippen LogP contribution in [0.5, 0.6) is 0 Å². The summed E-state index contributed by atoms with van der Waals surface area (Å²) in [6.45, 7) is -0.321. The summed E-state index contributed by atoms with van der Waals surface area (Å²) in [5.74, 6) is 0. The van der Waals surface area contributed by atoms with Crippen molar-refractivity contribution in [3.8, 4) is 0 Å². The Morgan fingerprint density at radius 3 is 2.36 bits per heavy atom. The molecule has 5 nitrogen and oxygen atoms in total. The second-order valence-corrected chi connectivity index (χ2v) is 2.44. The van der Waals surface area contributed by atoms with E-state index in [9.17, 15) is 5.11 Å². The summed E-state index contributed by atoms with van der Waals surface area (Å²) < 4.78 is 9.49. The van der Waals surface area contributed by atoms with Gasteiger partial charge in [-0.05, 0) is 0 Å². The molecule has 1 saturated heterocycles. The first-order valence-electron chi connectivity index (χ1n) is 3.36. The average molecular weight is 164 g/mol. The highest BCUT2D eigenvalue weighted by Crippen LogP contribution is 2.21. The molecule has 0 saturated carbocycles. The average Bonchev–Trinajstić information content (AvgIpc) is 2.26. The van der Waals surface area contributed by atoms with Gasteiger partial charge in [-0.3, -0.25) is 0 Å². The fourth-order valence-corrected chi connectivity index (χ4v) is 1.12. The van der Waals surface area contributed by atoms with Gasteiger partial charge in [0.15, 0.2) is 6.29 Å². The Hall–Kier alpha value is -0.200. The summed E-state index contributed by atoms with van der Waals surface area (Å²) in [5, 5.41) is 26.9. The molecule has 0 aromatic carbocycles. The Balaban J connectivity index is 2.55. The van der Waals surface area contributed by atoms with Crippen LogP contribution in [0.3, 0.4) is 0 Å². The largest absolute Gasteiger partial charge is 0.394 e. The molecule has 66 valence electrons. The topological polar surface area (TPSA) is 79.2 Å². The highest BCUT2D eigenvalue weighted by Gasteiger charge is 2.42. The molecule has 1 heterocycles. The van der Waals surface area contributed by atoms with Gasteiger partial charge in [0.05, 0.1) is 6.61 Å². The van der Waals surface area contributed by atoms with Crippen molar-refractivity contribution in [3.63, 3.8) is 0 Å². The minimum atomic E-state index is -1.15. The maximum absolute atomic E-state index is 9.25. The number of ether oxygens (including phenoxy) is 2. The fraction of sp³-hybridized carbons (Fsp3) is 1.00. The first-order valence-corrected chi connectivity index (χ1v) is 3.36. The summed E-state index contributed by atoms with van der Waals surface area (Å²) in [6, 6.07) is 0. The molecule has 0 bridgehead atoms. The molecule has 0 spiro atoms. The van der Waals surface area contributed by atoms with Gasteiger partial charge in [-0.2, -0.15) is 0 Å². The highest BCUT2D eigenvalue weighted by atomic mass is 16.7. The van der Waals surface area contributed by atoms with Gasteiger partial charge in [-0.25, -0.2) is 0 Å². The first-order chi connectivity index (χ1) is 5.20. The normalized spacial score (nSPS) is 44.7. The van der Waals surface area contributed by atoms with Crippen LogP contribution < -0.4 is 0 Å². The van der Waals surface area contributed by atoms with E-state index in [1.165, 1.54) is 7.11 Å². The number of aliphatic hydroxyl groups is 3. The van der Waals surface area contributed by atoms with E-state index >= 15 is 0 Å². The van der Waals surface area contributed by atoms with Gasteiger partial charge in [-0.1, -0.05) is 0 Å². The highest BCUT2D eigenvalue weighted by molar-refractivity contribution is 4.86. The van der Waals surface area contributed by atoms with E-state index in [2.05, 4.69) is 0 Å². The summed E-state index contributed by atoms with van der Waals surface area (Å²) in [5.41, 5.74) is 0. The third-order valence-corrected chi connectivity index (χ3v) is 1.76. The first kappa shape index (κ1) is 8.89. The lowest BCUT2D eigenvalue weighted by molar-refractivity contribution is -0.139. The number of hydrogen-bond donors (Lipinski definition) is 3. The van der Waals surface area contributed by atoms with Crippen molar-refractivity contribution in [2.45, 2.75) is 24.6 Å². The van der Waals surface area contributed by atoms with Crippen molar-refractivity contribution in [3.05, 3.63) is 0 Å². The standard InChI is InChI=1S/C6H12O5/c1-10-5-4(8)3(2-7)11-6(5)9/h3-9H,2H2,1H3. The zero-order chi connectivity index (χ0) is 8.43. The third-order valence-electron chi connectivity index (χ3n) is 1.76. The molecule has 3 N–H and O–H groups in total. The minimum absolute atomic E-state index is 0.321. The zero-order valence-electron chi connectivity index (χ0n) is 6.17. The Morgan fingerprint density at radius 1 is 1.45 bits per heavy atom. The van der Waals surface area contributed by atoms with E-state index in [0.29, 0.717) is 0 Å². The van der Waals surface area contributed by atoms with Crippen LogP contribution in [0.15, 0.2) is 0 Å². The predicted molar refractivity (Wildman–Crippen MR) is 34.8 cm³/mol. The maximum atomic E-state index is 9.25. The second kappa shape index (κ2) is 3.46. The van der Waals surface area contributed by atoms with Crippen LogP contribution in [0, 0.1) is 0 Å². The zero-order valence-corrected chi connectivity index (χ0v) is 6.17. The maximum Gasteiger partial charge on any atom is 0.184 e. The molecule has 0 aromatic heterocycles. The minimum Gasteiger partial charge on any atom is -0.394 e. The summed E-state index contributed by atoms with van der Waals surface area (Å²) >= 11 is 0. The van der Waals surface area contributed by atoms with Crippen molar-refractivity contribution >= 4 is 0 Å². The van der Waals surface area contributed by atoms with Crippen molar-refractivity contribution in [2.24, 2.45) is 0 Å². The van der Waals surface area contributed by atoms with E-state index < -0.39 is 24.6 Å². The predicted octanol–water partition coefficient (Wildman–Crippen LogP) is -1.93. The molecule has 11 heavy (non-hydrogen) atoms. The van der Waals surface area contributed by atoms with Gasteiger partial charge in [0, 0.05) is 7.11 Å². The molecular formula is C6H12O5. The van der Waals surface area contributed by atoms with Crippen LogP contribution in [0.2, 0.25) is 0 Å². The van der Waals surface area contributed by atoms with Crippen molar-refractivity contribution in [1.29, 1.82) is 0 Å². The van der Waals surface area contributed by atoms with Crippen LogP contribution in [-0.2, 0) is 9.47 Å². The lowest BCUT2D eigenvalue weighted by Crippen LogP contribution is -2.35. The molecule has 1 aliphatic heterocycles. The van der Waals surface area contributed by atoms with Gasteiger partial charge in [0.25, 0.3) is 0 Å². The number of methoxy groups -OCH3 is 1. The number of hydrogen-bond acceptors (Lipinski definition) is 5. The van der Waals surface area contributed by atoms with Gasteiger partial charge in [0.2, 0.25) is 0 Å². The van der Waals surface area contributed by atoms with Crippen LogP contribution in [0.25, 0.3) is 0 Å². The van der Waals surface area contributed by atoms with E-state index in [4.69, 9.17) is 19.7 Å². The molecular weight excluding hydrogens is 152 g/mol. The molecule has 1 fully saturated rings. The van der Waals surface area contributed by atoms with Crippen LogP contribution in [0.4, 0.5) is 0 Å². The number of aliphatic hydroxyl groups excluding tert-OH is 3. The molecule has 0 aliphatic carbocycles. The molecule has 1 aliphatic rings. The lowest BCUT2D eigenvalue weighted by atomic mass is 10.1. The summed E-state index contributed by atoms with van der Waals surface area (Å²) in [6.07, 6.45) is -3.60. The lowest BCUT2D eigenvalue weighted by Gasteiger charge is -2.14. The van der Waals surface area contributed by atoms with Gasteiger partial charge in [0.1, 0.15) is 18.3 Å². The Kier molecular flexibility index (Phi) is 2.80. The molecule has 1 rings (SSSR count). The van der Waals surface area contributed by atoms with Crippen molar-refractivity contribution < 1.29 is 24.8 Å². The van der Waals surface area contributed by atoms with E-state index in [-0.39, 0.29) is 6.61 Å². The van der Waals surface area contributed by atoms with E-state index in [1.807, 2.05) is 0 Å². The monoisotopic (exact) mass is 164 g/mol. The van der Waals surface area contributed by atoms with E-state index in [1.54, 1.807) is 0 Å². The summed E-state index contributed by atoms with van der Waals surface area (Å²) in [7, 11) is 1.36. The van der Waals surface area contributed by atoms with E-state index in [0.717, 1.165) is 0 Å². The molecule has 4 atom stereocenters. The molecule has 0 radical (unpaired) electrons. The van der Waals surface area contributed by atoms with Crippen LogP contribution in [0.1, 0.15) is 0 Å². The Morgan fingerprint density at radius 2 is 2.09 bits per heavy atom. The molecule has 0 aromatic rings. The Labute approximate surface area is 64.2 Å². The van der Waals surface area contributed by atoms with Crippen molar-refractivity contribution in [1.82, 2.24) is 0 Å². The summed E-state index contributed by atoms with van der Waals surface area (Å²) in [4.78, 5) is 0. The quantitative estimate of drug-likeness (QED) is 0.443. The van der Waals surface area contributed by atoms with Crippen LogP contribution >= 0.6 is 0 Å².